The molecule has 6 heteroatoms. The summed E-state index contributed by atoms with van der Waals surface area (Å²) in [5.41, 5.74) is 8.05. The predicted octanol–water partition coefficient (Wildman–Crippen LogP) is 4.48. The third-order valence-corrected chi connectivity index (χ3v) is 7.14. The van der Waals surface area contributed by atoms with Gasteiger partial charge in [-0.2, -0.15) is 0 Å². The van der Waals surface area contributed by atoms with E-state index in [1.807, 2.05) is 23.1 Å². The first-order valence-electron chi connectivity index (χ1n) is 11.2. The van der Waals surface area contributed by atoms with Crippen molar-refractivity contribution in [3.63, 3.8) is 0 Å². The van der Waals surface area contributed by atoms with Gasteiger partial charge in [0, 0.05) is 41.2 Å². The second-order valence-electron chi connectivity index (χ2n) is 9.03. The molecule has 3 saturated carbocycles. The minimum absolute atomic E-state index is 0.0236. The predicted molar refractivity (Wildman–Crippen MR) is 116 cm³/mol. The smallest absolute Gasteiger partial charge is 0.227 e. The summed E-state index contributed by atoms with van der Waals surface area (Å²) in [7, 11) is 0. The number of halogens is 1. The van der Waals surface area contributed by atoms with Gasteiger partial charge >= 0.3 is 0 Å². The molecule has 4 rings (SSSR count). The van der Waals surface area contributed by atoms with E-state index in [1.54, 1.807) is 0 Å². The summed E-state index contributed by atoms with van der Waals surface area (Å²) >= 11 is 6.50. The molecule has 3 aliphatic rings. The minimum atomic E-state index is 0.0236. The maximum absolute atomic E-state index is 13.1. The number of rotatable bonds is 6. The second-order valence-corrected chi connectivity index (χ2v) is 9.44. The Morgan fingerprint density at radius 3 is 2.38 bits per heavy atom. The molecule has 29 heavy (non-hydrogen) atoms. The van der Waals surface area contributed by atoms with Gasteiger partial charge in [0.05, 0.1) is 0 Å². The molecular weight excluding hydrogens is 386 g/mol. The van der Waals surface area contributed by atoms with Crippen molar-refractivity contribution in [2.75, 3.05) is 5.32 Å². The van der Waals surface area contributed by atoms with Crippen LogP contribution in [0.2, 0.25) is 5.02 Å². The lowest BCUT2D eigenvalue weighted by Gasteiger charge is -2.39. The van der Waals surface area contributed by atoms with E-state index in [9.17, 15) is 9.59 Å². The van der Waals surface area contributed by atoms with Crippen LogP contribution < -0.4 is 11.1 Å². The van der Waals surface area contributed by atoms with Gasteiger partial charge in [0.15, 0.2) is 0 Å². The lowest BCUT2D eigenvalue weighted by atomic mass is 9.89. The van der Waals surface area contributed by atoms with E-state index in [1.165, 1.54) is 0 Å². The van der Waals surface area contributed by atoms with Gasteiger partial charge in [-0.15, -0.1) is 0 Å². The molecule has 1 aromatic rings. The summed E-state index contributed by atoms with van der Waals surface area (Å²) in [6.07, 6.45) is 10.3. The van der Waals surface area contributed by atoms with Crippen LogP contribution in [-0.2, 0) is 16.1 Å². The van der Waals surface area contributed by atoms with Gasteiger partial charge in [-0.3, -0.25) is 9.59 Å². The second kappa shape index (κ2) is 9.05. The number of nitrogens with two attached hydrogens (primary N) is 1. The Balaban J connectivity index is 1.51. The van der Waals surface area contributed by atoms with E-state index in [2.05, 4.69) is 5.32 Å². The van der Waals surface area contributed by atoms with Crippen molar-refractivity contribution in [3.8, 4) is 0 Å². The normalized spacial score (nSPS) is 25.0. The molecule has 5 nitrogen and oxygen atoms in total. The molecule has 0 aromatic heterocycles. The molecule has 3 fully saturated rings. The summed E-state index contributed by atoms with van der Waals surface area (Å²) in [6.45, 7) is 0.458. The molecule has 1 aromatic carbocycles. The Bertz CT molecular complexity index is 758. The summed E-state index contributed by atoms with van der Waals surface area (Å²) in [6, 6.07) is 5.69. The zero-order chi connectivity index (χ0) is 20.4. The van der Waals surface area contributed by atoms with Crippen LogP contribution in [-0.4, -0.2) is 28.8 Å². The fraction of sp³-hybridized carbons (Fsp3) is 0.652. The highest BCUT2D eigenvalue weighted by atomic mass is 35.5. The first-order chi connectivity index (χ1) is 14.0. The number of carbonyl (C=O) groups excluding carboxylic acids is 2. The third-order valence-electron chi connectivity index (χ3n) is 6.77. The van der Waals surface area contributed by atoms with Crippen LogP contribution in [0.25, 0.3) is 0 Å². The molecule has 2 amide bonds. The van der Waals surface area contributed by atoms with Gasteiger partial charge in [0.1, 0.15) is 0 Å². The third kappa shape index (κ3) is 4.95. The van der Waals surface area contributed by atoms with Crippen molar-refractivity contribution in [1.29, 1.82) is 0 Å². The van der Waals surface area contributed by atoms with Crippen LogP contribution in [0, 0.1) is 11.8 Å². The summed E-state index contributed by atoms with van der Waals surface area (Å²) in [5.74, 6) is 0.565. The SMILES string of the molecule is NC1CCCCC1N(Cc1cc(NC(=O)C2CCCC2)ccc1Cl)C(=O)C1CC1. The van der Waals surface area contributed by atoms with Crippen molar-refractivity contribution >= 4 is 29.1 Å². The van der Waals surface area contributed by atoms with Crippen LogP contribution in [0.15, 0.2) is 18.2 Å². The van der Waals surface area contributed by atoms with E-state index in [0.717, 1.165) is 75.5 Å². The number of hydrogen-bond donors (Lipinski definition) is 2. The average Bonchev–Trinajstić information content (AvgIpc) is 3.42. The zero-order valence-electron chi connectivity index (χ0n) is 17.0. The number of benzene rings is 1. The molecular formula is C23H32ClN3O2. The molecule has 2 unspecified atom stereocenters. The van der Waals surface area contributed by atoms with E-state index in [0.29, 0.717) is 11.6 Å². The first kappa shape index (κ1) is 20.7. The van der Waals surface area contributed by atoms with Gasteiger partial charge < -0.3 is 16.0 Å². The maximum atomic E-state index is 13.1. The largest absolute Gasteiger partial charge is 0.334 e. The highest BCUT2D eigenvalue weighted by Crippen LogP contribution is 2.35. The van der Waals surface area contributed by atoms with Crippen LogP contribution >= 0.6 is 11.6 Å². The monoisotopic (exact) mass is 417 g/mol. The summed E-state index contributed by atoms with van der Waals surface area (Å²) < 4.78 is 0. The van der Waals surface area contributed by atoms with Crippen molar-refractivity contribution in [2.45, 2.75) is 82.8 Å². The van der Waals surface area contributed by atoms with E-state index < -0.39 is 0 Å². The number of carbonyl (C=O) groups is 2. The Morgan fingerprint density at radius 1 is 1.00 bits per heavy atom. The molecule has 0 spiro atoms. The van der Waals surface area contributed by atoms with Gasteiger partial charge in [0.2, 0.25) is 11.8 Å². The molecule has 3 N–H and O–H groups in total. The molecule has 0 radical (unpaired) electrons. The minimum Gasteiger partial charge on any atom is -0.334 e. The number of anilines is 1. The molecule has 0 aliphatic heterocycles. The average molecular weight is 418 g/mol. The van der Waals surface area contributed by atoms with Crippen LogP contribution in [0.4, 0.5) is 5.69 Å². The number of hydrogen-bond acceptors (Lipinski definition) is 3. The van der Waals surface area contributed by atoms with E-state index >= 15 is 0 Å². The number of nitrogens with zero attached hydrogens (tertiary/aromatic N) is 1. The van der Waals surface area contributed by atoms with Crippen molar-refractivity contribution in [3.05, 3.63) is 28.8 Å². The van der Waals surface area contributed by atoms with Gasteiger partial charge in [-0.25, -0.2) is 0 Å². The number of nitrogens with one attached hydrogen (secondary N) is 1. The molecule has 0 saturated heterocycles. The van der Waals surface area contributed by atoms with Crippen LogP contribution in [0.3, 0.4) is 0 Å². The van der Waals surface area contributed by atoms with Crippen molar-refractivity contribution < 1.29 is 9.59 Å². The number of amides is 2. The Morgan fingerprint density at radius 2 is 1.69 bits per heavy atom. The quantitative estimate of drug-likeness (QED) is 0.716. The van der Waals surface area contributed by atoms with Gasteiger partial charge in [-0.1, -0.05) is 37.3 Å². The Kier molecular flexibility index (Phi) is 6.45. The molecule has 158 valence electrons. The maximum Gasteiger partial charge on any atom is 0.227 e. The fourth-order valence-electron chi connectivity index (χ4n) is 4.84. The van der Waals surface area contributed by atoms with E-state index in [4.69, 9.17) is 17.3 Å². The van der Waals surface area contributed by atoms with Crippen molar-refractivity contribution in [1.82, 2.24) is 4.90 Å². The first-order valence-corrected chi connectivity index (χ1v) is 11.6. The molecule has 0 bridgehead atoms. The fourth-order valence-corrected chi connectivity index (χ4v) is 5.02. The van der Waals surface area contributed by atoms with Gasteiger partial charge in [0.25, 0.3) is 0 Å². The van der Waals surface area contributed by atoms with Crippen LogP contribution in [0.1, 0.15) is 69.8 Å². The summed E-state index contributed by atoms with van der Waals surface area (Å²) in [5, 5.41) is 3.68. The van der Waals surface area contributed by atoms with E-state index in [-0.39, 0.29) is 35.7 Å². The van der Waals surface area contributed by atoms with Crippen molar-refractivity contribution in [2.24, 2.45) is 17.6 Å². The zero-order valence-corrected chi connectivity index (χ0v) is 17.8. The van der Waals surface area contributed by atoms with Gasteiger partial charge in [-0.05, 0) is 62.3 Å². The molecule has 2 atom stereocenters. The lowest BCUT2D eigenvalue weighted by molar-refractivity contribution is -0.136. The lowest BCUT2D eigenvalue weighted by Crippen LogP contribution is -2.52. The topological polar surface area (TPSA) is 75.4 Å². The van der Waals surface area contributed by atoms with Crippen LogP contribution in [0.5, 0.6) is 0 Å². The standard InChI is InChI=1S/C23H32ClN3O2/c24-19-12-11-18(26-22(28)15-5-1-2-6-15)13-17(19)14-27(23(29)16-9-10-16)21-8-4-3-7-20(21)25/h11-13,15-16,20-21H,1-10,14,25H2,(H,26,28). The molecule has 0 heterocycles. The summed E-state index contributed by atoms with van der Waals surface area (Å²) in [4.78, 5) is 27.5. The molecule has 3 aliphatic carbocycles. The Labute approximate surface area is 178 Å². The highest BCUT2D eigenvalue weighted by Gasteiger charge is 2.39. The Hall–Kier alpha value is -1.59. The highest BCUT2D eigenvalue weighted by molar-refractivity contribution is 6.31.